The molecule has 8 rings (SSSR count). The van der Waals surface area contributed by atoms with Gasteiger partial charge in [-0.2, -0.15) is 9.49 Å². The SMILES string of the molecule is CC1(C)CCn2nc(-c3ccc(N4CC5OCC54)nc3F)c(C(=O)N[C@H]3N=C(c4ccccc4)c4cccc(F)c4NC3=O)c2O1. The number of carbonyl (C=O) groups excluding carboxylic acids is 2. The number of rotatable bonds is 5. The summed E-state index contributed by atoms with van der Waals surface area (Å²) in [6.07, 6.45) is -0.722. The average molecular weight is 626 g/mol. The Hall–Kier alpha value is -5.17. The van der Waals surface area contributed by atoms with Crippen LogP contribution in [0, 0.1) is 11.8 Å². The van der Waals surface area contributed by atoms with Crippen molar-refractivity contribution in [2.24, 2.45) is 4.99 Å². The normalized spacial score (nSPS) is 22.4. The molecule has 4 aromatic rings. The van der Waals surface area contributed by atoms with Crippen LogP contribution in [0.15, 0.2) is 65.7 Å². The van der Waals surface area contributed by atoms with E-state index in [0.717, 1.165) is 0 Å². The van der Waals surface area contributed by atoms with Crippen LogP contribution in [0.3, 0.4) is 0 Å². The second kappa shape index (κ2) is 10.4. The molecule has 46 heavy (non-hydrogen) atoms. The third-order valence-electron chi connectivity index (χ3n) is 8.84. The number of pyridine rings is 1. The van der Waals surface area contributed by atoms with Gasteiger partial charge in [-0.25, -0.2) is 19.0 Å². The second-order valence-electron chi connectivity index (χ2n) is 12.3. The van der Waals surface area contributed by atoms with Crippen LogP contribution in [0.4, 0.5) is 20.3 Å². The Labute approximate surface area is 262 Å². The molecule has 0 radical (unpaired) electrons. The van der Waals surface area contributed by atoms with Gasteiger partial charge in [0.25, 0.3) is 11.8 Å². The highest BCUT2D eigenvalue weighted by molar-refractivity contribution is 6.20. The van der Waals surface area contributed by atoms with E-state index in [0.29, 0.717) is 48.8 Å². The molecular formula is C33H29F2N7O4. The first kappa shape index (κ1) is 28.3. The van der Waals surface area contributed by atoms with Crippen molar-refractivity contribution in [1.82, 2.24) is 20.1 Å². The lowest BCUT2D eigenvalue weighted by molar-refractivity contribution is -0.117. The Morgan fingerprint density at radius 2 is 1.89 bits per heavy atom. The lowest BCUT2D eigenvalue weighted by Crippen LogP contribution is -2.71. The van der Waals surface area contributed by atoms with Crippen molar-refractivity contribution in [3.05, 3.63) is 89.1 Å². The number of morpholine rings is 1. The van der Waals surface area contributed by atoms with E-state index in [1.807, 2.05) is 24.8 Å². The molecule has 6 heterocycles. The summed E-state index contributed by atoms with van der Waals surface area (Å²) in [7, 11) is 0. The molecule has 2 unspecified atom stereocenters. The number of para-hydroxylation sites is 1. The zero-order valence-electron chi connectivity index (χ0n) is 25.0. The minimum absolute atomic E-state index is 0.00686. The number of amides is 2. The van der Waals surface area contributed by atoms with Crippen LogP contribution < -0.4 is 20.3 Å². The number of hydrogen-bond donors (Lipinski definition) is 2. The third-order valence-corrected chi connectivity index (χ3v) is 8.84. The number of aromatic nitrogens is 3. The van der Waals surface area contributed by atoms with Crippen LogP contribution in [0.1, 0.15) is 41.8 Å². The molecule has 0 spiro atoms. The number of ether oxygens (including phenoxy) is 2. The number of fused-ring (bicyclic) bond motifs is 3. The summed E-state index contributed by atoms with van der Waals surface area (Å²) < 4.78 is 43.9. The van der Waals surface area contributed by atoms with Gasteiger partial charge in [0.1, 0.15) is 28.5 Å². The van der Waals surface area contributed by atoms with E-state index in [9.17, 15) is 14.0 Å². The molecule has 234 valence electrons. The number of hydrogen-bond acceptors (Lipinski definition) is 8. The highest BCUT2D eigenvalue weighted by atomic mass is 19.1. The fraction of sp³-hybridized carbons (Fsp3) is 0.303. The van der Waals surface area contributed by atoms with Crippen LogP contribution in [0.25, 0.3) is 11.3 Å². The van der Waals surface area contributed by atoms with Crippen molar-refractivity contribution in [2.45, 2.75) is 50.7 Å². The molecule has 3 atom stereocenters. The molecule has 2 saturated heterocycles. The van der Waals surface area contributed by atoms with E-state index in [2.05, 4.69) is 25.7 Å². The molecule has 2 fully saturated rings. The van der Waals surface area contributed by atoms with E-state index in [-0.39, 0.29) is 40.5 Å². The van der Waals surface area contributed by atoms with Gasteiger partial charge in [-0.15, -0.1) is 0 Å². The highest BCUT2D eigenvalue weighted by Crippen LogP contribution is 2.39. The summed E-state index contributed by atoms with van der Waals surface area (Å²) in [4.78, 5) is 38.5. The zero-order chi connectivity index (χ0) is 31.7. The molecule has 2 N–H and O–H groups in total. The van der Waals surface area contributed by atoms with Crippen LogP contribution in [-0.4, -0.2) is 69.4 Å². The summed E-state index contributed by atoms with van der Waals surface area (Å²) in [6.45, 7) is 5.39. The maximum absolute atomic E-state index is 15.7. The summed E-state index contributed by atoms with van der Waals surface area (Å²) in [5.74, 6) is -2.35. The van der Waals surface area contributed by atoms with Gasteiger partial charge >= 0.3 is 0 Å². The minimum atomic E-state index is -1.47. The number of nitrogens with zero attached hydrogens (tertiary/aromatic N) is 5. The van der Waals surface area contributed by atoms with E-state index in [4.69, 9.17) is 9.47 Å². The Bertz CT molecular complexity index is 1940. The topological polar surface area (TPSA) is 123 Å². The molecule has 4 aliphatic rings. The molecule has 2 aromatic carbocycles. The lowest BCUT2D eigenvalue weighted by Gasteiger charge is -2.55. The van der Waals surface area contributed by atoms with Crippen LogP contribution in [0.2, 0.25) is 0 Å². The number of carbonyl (C=O) groups is 2. The Kier molecular flexibility index (Phi) is 6.43. The summed E-state index contributed by atoms with van der Waals surface area (Å²) in [5.41, 5.74) is 0.571. The zero-order valence-corrected chi connectivity index (χ0v) is 25.0. The number of benzene rings is 2. The fourth-order valence-electron chi connectivity index (χ4n) is 6.20. The monoisotopic (exact) mass is 625 g/mol. The molecule has 11 nitrogen and oxygen atoms in total. The molecular weight excluding hydrogens is 596 g/mol. The number of halogens is 2. The maximum Gasteiger partial charge on any atom is 0.269 e. The predicted molar refractivity (Wildman–Crippen MR) is 164 cm³/mol. The van der Waals surface area contributed by atoms with E-state index >= 15 is 4.39 Å². The largest absolute Gasteiger partial charge is 0.471 e. The molecule has 4 aliphatic heterocycles. The van der Waals surface area contributed by atoms with Crippen molar-refractivity contribution >= 4 is 29.0 Å². The third kappa shape index (κ3) is 4.61. The van der Waals surface area contributed by atoms with Crippen molar-refractivity contribution in [1.29, 1.82) is 0 Å². The fourth-order valence-corrected chi connectivity index (χ4v) is 6.20. The van der Waals surface area contributed by atoms with Crippen molar-refractivity contribution in [3.63, 3.8) is 0 Å². The molecule has 2 amide bonds. The van der Waals surface area contributed by atoms with E-state index < -0.39 is 35.3 Å². The summed E-state index contributed by atoms with van der Waals surface area (Å²) in [6, 6.07) is 16.8. The Morgan fingerprint density at radius 3 is 2.61 bits per heavy atom. The number of benzodiazepines with no additional fused rings is 1. The predicted octanol–water partition coefficient (Wildman–Crippen LogP) is 3.92. The van der Waals surface area contributed by atoms with Crippen LogP contribution >= 0.6 is 0 Å². The van der Waals surface area contributed by atoms with Crippen LogP contribution in [0.5, 0.6) is 5.88 Å². The Morgan fingerprint density at radius 1 is 1.07 bits per heavy atom. The van der Waals surface area contributed by atoms with Gasteiger partial charge in [-0.3, -0.25) is 9.59 Å². The van der Waals surface area contributed by atoms with Crippen molar-refractivity contribution in [3.8, 4) is 17.1 Å². The first-order valence-corrected chi connectivity index (χ1v) is 15.1. The van der Waals surface area contributed by atoms with Gasteiger partial charge in [0.15, 0.2) is 0 Å². The van der Waals surface area contributed by atoms with Gasteiger partial charge in [0.2, 0.25) is 18.0 Å². The molecule has 0 bridgehead atoms. The van der Waals surface area contributed by atoms with Crippen molar-refractivity contribution < 1.29 is 27.8 Å². The van der Waals surface area contributed by atoms with Crippen molar-refractivity contribution in [2.75, 3.05) is 23.4 Å². The average Bonchev–Trinajstić information content (AvgIpc) is 3.32. The van der Waals surface area contributed by atoms with Crippen LogP contribution in [-0.2, 0) is 16.1 Å². The number of aliphatic imine (C=N–C) groups is 1. The first-order chi connectivity index (χ1) is 22.2. The van der Waals surface area contributed by atoms with Gasteiger partial charge in [-0.05, 0) is 32.0 Å². The number of nitrogens with one attached hydrogen (secondary N) is 2. The Balaban J connectivity index is 1.19. The molecule has 0 aliphatic carbocycles. The molecule has 2 aromatic heterocycles. The summed E-state index contributed by atoms with van der Waals surface area (Å²) in [5, 5.41) is 9.85. The standard InChI is InChI=1S/C33H29F2N7O4/c1-33(2)13-14-42-32(46-33)24(27(40-42)19-11-12-23(36-28(19)35)41-15-22-21(41)16-45-22)30(43)39-29-31(44)38-26-18(9-6-10-20(26)34)25(37-29)17-7-4-3-5-8-17/h3-12,21-22,29H,13-16H2,1-2H3,(H,38,44)(H,39,43)/t21?,22?,29-/m1/s1. The number of aryl methyl sites for hydroxylation is 1. The van der Waals surface area contributed by atoms with Gasteiger partial charge in [0.05, 0.1) is 35.7 Å². The summed E-state index contributed by atoms with van der Waals surface area (Å²) >= 11 is 0. The molecule has 13 heteroatoms. The highest BCUT2D eigenvalue weighted by Gasteiger charge is 2.48. The van der Waals surface area contributed by atoms with Gasteiger partial charge < -0.3 is 25.0 Å². The smallest absolute Gasteiger partial charge is 0.269 e. The quantitative estimate of drug-likeness (QED) is 0.323. The van der Waals surface area contributed by atoms with Gasteiger partial charge in [0, 0.05) is 30.6 Å². The maximum atomic E-state index is 15.7. The van der Waals surface area contributed by atoms with E-state index in [1.54, 1.807) is 42.5 Å². The minimum Gasteiger partial charge on any atom is -0.471 e. The first-order valence-electron chi connectivity index (χ1n) is 15.1. The number of anilines is 2. The van der Waals surface area contributed by atoms with Gasteiger partial charge in [-0.1, -0.05) is 42.5 Å². The van der Waals surface area contributed by atoms with E-state index in [1.165, 1.54) is 16.8 Å². The lowest BCUT2D eigenvalue weighted by atomic mass is 9.95. The molecule has 0 saturated carbocycles. The second-order valence-corrected chi connectivity index (χ2v) is 12.3.